The van der Waals surface area contributed by atoms with Gasteiger partial charge in [-0.3, -0.25) is 4.90 Å². The van der Waals surface area contributed by atoms with E-state index in [0.29, 0.717) is 31.6 Å². The summed E-state index contributed by atoms with van der Waals surface area (Å²) in [6.07, 6.45) is 17.6. The Morgan fingerprint density at radius 3 is 2.62 bits per heavy atom. The van der Waals surface area contributed by atoms with Crippen LogP contribution in [0.25, 0.3) is 0 Å². The lowest BCUT2D eigenvalue weighted by Crippen LogP contribution is -2.37. The van der Waals surface area contributed by atoms with E-state index in [1.807, 2.05) is 4.57 Å². The molecular weight excluding hydrogens is 386 g/mol. The molecule has 2 heterocycles. The quantitative estimate of drug-likeness (QED) is 0.576. The molecule has 1 aromatic heterocycles. The largest absolute Gasteiger partial charge is 0.376 e. The number of terminal acetylenes is 1. The van der Waals surface area contributed by atoms with Gasteiger partial charge in [0.05, 0.1) is 36.8 Å². The van der Waals surface area contributed by atoms with Gasteiger partial charge in [0, 0.05) is 19.2 Å². The van der Waals surface area contributed by atoms with Crippen molar-refractivity contribution in [1.82, 2.24) is 14.5 Å². The van der Waals surface area contributed by atoms with E-state index in [2.05, 4.69) is 15.8 Å². The number of hydrogen-bond donors (Lipinski definition) is 0. The van der Waals surface area contributed by atoms with E-state index >= 15 is 0 Å². The number of nitrogens with zero attached hydrogens (tertiary/aromatic N) is 3. The number of ether oxygens (including phenoxy) is 1. The molecule has 6 nitrogen and oxygen atoms in total. The van der Waals surface area contributed by atoms with E-state index in [-0.39, 0.29) is 17.0 Å². The number of hydrogen-bond acceptors (Lipinski definition) is 5. The van der Waals surface area contributed by atoms with Crippen LogP contribution in [0.1, 0.15) is 63.5 Å². The minimum absolute atomic E-state index is 0.0635. The lowest BCUT2D eigenvalue weighted by molar-refractivity contribution is 0.0923. The topological polar surface area (TPSA) is 64.4 Å². The monoisotopic (exact) mass is 419 g/mol. The fraction of sp³-hybridized carbons (Fsp3) is 0.773. The van der Waals surface area contributed by atoms with E-state index in [1.54, 1.807) is 6.20 Å². The molecule has 29 heavy (non-hydrogen) atoms. The highest BCUT2D eigenvalue weighted by atomic mass is 32.2. The summed E-state index contributed by atoms with van der Waals surface area (Å²) >= 11 is 0. The van der Waals surface area contributed by atoms with Gasteiger partial charge in [-0.25, -0.2) is 13.4 Å². The molecule has 0 spiro atoms. The van der Waals surface area contributed by atoms with Gasteiger partial charge in [-0.1, -0.05) is 25.2 Å². The third kappa shape index (κ3) is 5.22. The Bertz CT molecular complexity index is 826. The average Bonchev–Trinajstić information content (AvgIpc) is 3.19. The van der Waals surface area contributed by atoms with Crippen LogP contribution in [0.4, 0.5) is 0 Å². The molecule has 0 amide bonds. The van der Waals surface area contributed by atoms with Crippen LogP contribution < -0.4 is 0 Å². The molecule has 0 aromatic carbocycles. The van der Waals surface area contributed by atoms with E-state index < -0.39 is 9.84 Å². The molecule has 3 fully saturated rings. The highest BCUT2D eigenvalue weighted by Gasteiger charge is 2.33. The van der Waals surface area contributed by atoms with Crippen LogP contribution in [0.5, 0.6) is 0 Å². The lowest BCUT2D eigenvalue weighted by atomic mass is 9.94. The lowest BCUT2D eigenvalue weighted by Gasteiger charge is -2.33. The van der Waals surface area contributed by atoms with Gasteiger partial charge in [-0.05, 0) is 44.4 Å². The molecule has 3 aliphatic rings. The van der Waals surface area contributed by atoms with Crippen molar-refractivity contribution in [3.8, 4) is 12.3 Å². The Morgan fingerprint density at radius 2 is 1.97 bits per heavy atom. The number of sulfone groups is 1. The van der Waals surface area contributed by atoms with Gasteiger partial charge in [-0.2, -0.15) is 0 Å². The predicted octanol–water partition coefficient (Wildman–Crippen LogP) is 3.01. The van der Waals surface area contributed by atoms with Crippen molar-refractivity contribution in [2.24, 2.45) is 5.92 Å². The second-order valence-electron chi connectivity index (χ2n) is 8.90. The number of rotatable bonds is 9. The van der Waals surface area contributed by atoms with Crippen molar-refractivity contribution in [3.05, 3.63) is 11.9 Å². The van der Waals surface area contributed by atoms with Crippen LogP contribution in [0, 0.1) is 18.3 Å². The van der Waals surface area contributed by atoms with Crippen LogP contribution in [-0.4, -0.2) is 53.9 Å². The molecule has 1 saturated heterocycles. The first kappa shape index (κ1) is 20.9. The average molecular weight is 420 g/mol. The van der Waals surface area contributed by atoms with Crippen molar-refractivity contribution >= 4 is 9.84 Å². The van der Waals surface area contributed by atoms with Crippen molar-refractivity contribution in [2.45, 2.75) is 88.2 Å². The van der Waals surface area contributed by atoms with E-state index in [9.17, 15) is 8.42 Å². The third-order valence-corrected chi connectivity index (χ3v) is 8.28. The highest BCUT2D eigenvalue weighted by Crippen LogP contribution is 2.33. The number of aromatic nitrogens is 2. The van der Waals surface area contributed by atoms with Crippen LogP contribution in [-0.2, 0) is 27.7 Å². The molecule has 2 saturated carbocycles. The summed E-state index contributed by atoms with van der Waals surface area (Å²) in [4.78, 5) is 6.74. The maximum Gasteiger partial charge on any atom is 0.227 e. The van der Waals surface area contributed by atoms with Gasteiger partial charge >= 0.3 is 0 Å². The Balaban J connectivity index is 1.59. The fourth-order valence-electron chi connectivity index (χ4n) is 4.71. The maximum absolute atomic E-state index is 13.0. The molecule has 1 aromatic rings. The number of imidazole rings is 1. The Morgan fingerprint density at radius 1 is 1.17 bits per heavy atom. The first-order valence-corrected chi connectivity index (χ1v) is 12.8. The summed E-state index contributed by atoms with van der Waals surface area (Å²) in [5, 5.41) is 0.221. The van der Waals surface area contributed by atoms with Gasteiger partial charge in [0.1, 0.15) is 0 Å². The van der Waals surface area contributed by atoms with Crippen LogP contribution in [0.2, 0.25) is 0 Å². The smallest absolute Gasteiger partial charge is 0.227 e. The van der Waals surface area contributed by atoms with Crippen molar-refractivity contribution < 1.29 is 13.2 Å². The van der Waals surface area contributed by atoms with E-state index in [0.717, 1.165) is 50.8 Å². The van der Waals surface area contributed by atoms with Crippen LogP contribution in [0.3, 0.4) is 0 Å². The normalized spacial score (nSPS) is 23.5. The summed E-state index contributed by atoms with van der Waals surface area (Å²) in [6.45, 7) is 2.54. The molecule has 7 heteroatoms. The Hall–Kier alpha value is -1.36. The highest BCUT2D eigenvalue weighted by molar-refractivity contribution is 7.91. The van der Waals surface area contributed by atoms with Gasteiger partial charge < -0.3 is 9.30 Å². The second kappa shape index (κ2) is 9.20. The minimum atomic E-state index is -3.38. The standard InChI is InChI=1S/C22H33N3O3S/c1-2-12-24(19-7-4-3-5-8-19)15-20-14-23-22(29(26,27)17-18-10-11-18)25(20)16-21-9-6-13-28-21/h1,14,18-19,21H,3-13,15-17H2/t21-/m0/s1. The fourth-order valence-corrected chi connectivity index (χ4v) is 6.55. The molecule has 1 aliphatic heterocycles. The zero-order valence-electron chi connectivity index (χ0n) is 17.3. The van der Waals surface area contributed by atoms with Crippen molar-refractivity contribution in [1.29, 1.82) is 0 Å². The molecule has 2 aliphatic carbocycles. The summed E-state index contributed by atoms with van der Waals surface area (Å²) in [7, 11) is -3.38. The SMILES string of the molecule is C#CCN(Cc1cnc(S(=O)(=O)CC2CC2)n1C[C@@H]1CCCO1)C1CCCCC1. The van der Waals surface area contributed by atoms with Gasteiger partial charge in [0.2, 0.25) is 15.0 Å². The zero-order chi connectivity index (χ0) is 20.3. The van der Waals surface area contributed by atoms with Crippen molar-refractivity contribution in [2.75, 3.05) is 18.9 Å². The molecule has 0 bridgehead atoms. The van der Waals surface area contributed by atoms with Crippen LogP contribution in [0.15, 0.2) is 11.4 Å². The zero-order valence-corrected chi connectivity index (χ0v) is 18.1. The molecule has 0 N–H and O–H groups in total. The van der Waals surface area contributed by atoms with Gasteiger partial charge in [-0.15, -0.1) is 6.42 Å². The maximum atomic E-state index is 13.0. The molecular formula is C22H33N3O3S. The molecule has 0 unspecified atom stereocenters. The first-order valence-electron chi connectivity index (χ1n) is 11.1. The Labute approximate surface area is 174 Å². The molecule has 1 atom stereocenters. The third-order valence-electron chi connectivity index (χ3n) is 6.49. The summed E-state index contributed by atoms with van der Waals surface area (Å²) in [6, 6.07) is 0.470. The molecule has 160 valence electrons. The van der Waals surface area contributed by atoms with Crippen molar-refractivity contribution in [3.63, 3.8) is 0 Å². The predicted molar refractivity (Wildman–Crippen MR) is 112 cm³/mol. The van der Waals surface area contributed by atoms with Gasteiger partial charge in [0.15, 0.2) is 0 Å². The summed E-state index contributed by atoms with van der Waals surface area (Å²) in [5.74, 6) is 3.32. The molecule has 4 rings (SSSR count). The summed E-state index contributed by atoms with van der Waals surface area (Å²) < 4.78 is 33.8. The Kier molecular flexibility index (Phi) is 6.63. The summed E-state index contributed by atoms with van der Waals surface area (Å²) in [5.41, 5.74) is 0.940. The van der Waals surface area contributed by atoms with Gasteiger partial charge in [0.25, 0.3) is 0 Å². The molecule has 0 radical (unpaired) electrons. The van der Waals surface area contributed by atoms with E-state index in [4.69, 9.17) is 11.2 Å². The minimum Gasteiger partial charge on any atom is -0.376 e. The van der Waals surface area contributed by atoms with Crippen LogP contribution >= 0.6 is 0 Å². The first-order chi connectivity index (χ1) is 14.1. The second-order valence-corrected chi connectivity index (χ2v) is 10.8. The van der Waals surface area contributed by atoms with E-state index in [1.165, 1.54) is 19.3 Å².